The lowest BCUT2D eigenvalue weighted by Crippen LogP contribution is -2.01. The van der Waals surface area contributed by atoms with E-state index >= 15 is 0 Å². The molecule has 0 unspecified atom stereocenters. The van der Waals surface area contributed by atoms with E-state index in [1.54, 1.807) is 0 Å². The summed E-state index contributed by atoms with van der Waals surface area (Å²) in [5.74, 6) is 1.01. The Hall–Kier alpha value is -2.35. The van der Waals surface area contributed by atoms with E-state index in [0.29, 0.717) is 0 Å². The lowest BCUT2D eigenvalue weighted by molar-refractivity contribution is 0.813. The largest absolute Gasteiger partial charge is 0.320 e. The number of hydrogen-bond donors (Lipinski definition) is 0. The van der Waals surface area contributed by atoms with Gasteiger partial charge in [0, 0.05) is 6.54 Å². The van der Waals surface area contributed by atoms with Gasteiger partial charge in [-0.25, -0.2) is 4.98 Å². The van der Waals surface area contributed by atoms with Crippen LogP contribution in [0, 0.1) is 6.92 Å². The van der Waals surface area contributed by atoms with E-state index in [1.165, 1.54) is 16.6 Å². The smallest absolute Gasteiger partial charge is 0.133 e. The van der Waals surface area contributed by atoms with Crippen molar-refractivity contribution in [2.45, 2.75) is 20.4 Å². The van der Waals surface area contributed by atoms with Crippen molar-refractivity contribution in [2.75, 3.05) is 0 Å². The van der Waals surface area contributed by atoms with Crippen molar-refractivity contribution in [1.82, 2.24) is 9.55 Å². The Bertz CT molecular complexity index is 752. The van der Waals surface area contributed by atoms with Crippen molar-refractivity contribution < 1.29 is 0 Å². The molecule has 0 N–H and O–H groups in total. The molecule has 0 radical (unpaired) electrons. The van der Waals surface area contributed by atoms with Gasteiger partial charge in [0.2, 0.25) is 0 Å². The maximum Gasteiger partial charge on any atom is 0.133 e. The maximum absolute atomic E-state index is 4.77. The van der Waals surface area contributed by atoms with E-state index in [2.05, 4.69) is 60.0 Å². The minimum absolute atomic E-state index is 0.848. The summed E-state index contributed by atoms with van der Waals surface area (Å²) in [7, 11) is 0. The lowest BCUT2D eigenvalue weighted by atomic mass is 10.2. The summed E-state index contributed by atoms with van der Waals surface area (Å²) in [6, 6.07) is 16.9. The van der Waals surface area contributed by atoms with Crippen LogP contribution in [0.3, 0.4) is 0 Å². The Balaban J connectivity index is 2.17. The Morgan fingerprint density at radius 2 is 1.85 bits per heavy atom. The van der Waals surface area contributed by atoms with Gasteiger partial charge in [-0.2, -0.15) is 0 Å². The number of allylic oxidation sites excluding steroid dienone is 1. The van der Waals surface area contributed by atoms with Gasteiger partial charge >= 0.3 is 0 Å². The molecular formula is C18H18N2. The quantitative estimate of drug-likeness (QED) is 0.683. The first-order chi connectivity index (χ1) is 9.79. The molecular weight excluding hydrogens is 244 g/mol. The van der Waals surface area contributed by atoms with Gasteiger partial charge in [-0.05, 0) is 37.1 Å². The minimum Gasteiger partial charge on any atom is -0.320 e. The molecule has 2 nitrogen and oxygen atoms in total. The monoisotopic (exact) mass is 262 g/mol. The van der Waals surface area contributed by atoms with Gasteiger partial charge in [-0.15, -0.1) is 0 Å². The summed E-state index contributed by atoms with van der Waals surface area (Å²) in [4.78, 5) is 4.77. The Morgan fingerprint density at radius 3 is 2.60 bits per heavy atom. The van der Waals surface area contributed by atoms with E-state index in [9.17, 15) is 0 Å². The third-order valence-electron chi connectivity index (χ3n) is 3.51. The predicted molar refractivity (Wildman–Crippen MR) is 84.7 cm³/mol. The highest BCUT2D eigenvalue weighted by Gasteiger charge is 2.10. The first-order valence-electron chi connectivity index (χ1n) is 6.92. The molecule has 0 aliphatic heterocycles. The number of rotatable bonds is 3. The van der Waals surface area contributed by atoms with E-state index in [1.807, 2.05) is 19.1 Å². The van der Waals surface area contributed by atoms with E-state index in [0.717, 1.165) is 17.9 Å². The number of imidazole rings is 1. The summed E-state index contributed by atoms with van der Waals surface area (Å²) in [5, 5.41) is 0. The molecule has 0 amide bonds. The lowest BCUT2D eigenvalue weighted by Gasteiger charge is -2.07. The van der Waals surface area contributed by atoms with Crippen molar-refractivity contribution in [3.63, 3.8) is 0 Å². The van der Waals surface area contributed by atoms with Crippen LogP contribution < -0.4 is 0 Å². The zero-order chi connectivity index (χ0) is 13.9. The molecule has 3 aromatic rings. The molecule has 0 aliphatic rings. The van der Waals surface area contributed by atoms with Crippen LogP contribution in [0.15, 0.2) is 54.6 Å². The molecule has 1 aromatic heterocycles. The molecule has 0 spiro atoms. The van der Waals surface area contributed by atoms with Crippen LogP contribution in [-0.4, -0.2) is 9.55 Å². The van der Waals surface area contributed by atoms with Gasteiger partial charge < -0.3 is 4.57 Å². The number of fused-ring (bicyclic) bond motifs is 1. The number of hydrogen-bond acceptors (Lipinski definition) is 1. The maximum atomic E-state index is 4.77. The number of benzene rings is 2. The zero-order valence-electron chi connectivity index (χ0n) is 11.9. The molecule has 3 rings (SSSR count). The van der Waals surface area contributed by atoms with Crippen LogP contribution in [0.5, 0.6) is 0 Å². The highest BCUT2D eigenvalue weighted by atomic mass is 15.1. The van der Waals surface area contributed by atoms with Gasteiger partial charge in [-0.3, -0.25) is 0 Å². The second kappa shape index (κ2) is 5.33. The van der Waals surface area contributed by atoms with Gasteiger partial charge in [0.15, 0.2) is 0 Å². The zero-order valence-corrected chi connectivity index (χ0v) is 11.9. The standard InChI is InChI=1S/C18H18N2/c1-3-8-17-19-18-14(2)9-7-12-16(18)20(17)13-15-10-5-4-6-11-15/h3-12H,13H2,1-2H3. The SMILES string of the molecule is CC=Cc1nc2c(C)cccc2n1Cc1ccccc1. The average Bonchev–Trinajstić information content (AvgIpc) is 2.81. The molecule has 0 atom stereocenters. The summed E-state index contributed by atoms with van der Waals surface area (Å²) in [6.07, 6.45) is 4.11. The molecule has 20 heavy (non-hydrogen) atoms. The fraction of sp³-hybridized carbons (Fsp3) is 0.167. The third kappa shape index (κ3) is 2.25. The predicted octanol–water partition coefficient (Wildman–Crippen LogP) is 4.43. The van der Waals surface area contributed by atoms with Crippen LogP contribution in [0.1, 0.15) is 23.9 Å². The second-order valence-corrected chi connectivity index (χ2v) is 4.98. The molecule has 0 bridgehead atoms. The van der Waals surface area contributed by atoms with Crippen molar-refractivity contribution in [1.29, 1.82) is 0 Å². The highest BCUT2D eigenvalue weighted by Crippen LogP contribution is 2.21. The summed E-state index contributed by atoms with van der Waals surface area (Å²) >= 11 is 0. The Labute approximate surface area is 119 Å². The number of aryl methyl sites for hydroxylation is 1. The molecule has 0 aliphatic carbocycles. The normalized spacial score (nSPS) is 11.5. The second-order valence-electron chi connectivity index (χ2n) is 4.98. The summed E-state index contributed by atoms with van der Waals surface area (Å²) in [6.45, 7) is 4.99. The van der Waals surface area contributed by atoms with Gasteiger partial charge in [0.25, 0.3) is 0 Å². The van der Waals surface area contributed by atoms with Crippen LogP contribution >= 0.6 is 0 Å². The summed E-state index contributed by atoms with van der Waals surface area (Å²) in [5.41, 5.74) is 4.80. The number of nitrogens with zero attached hydrogens (tertiary/aromatic N) is 2. The fourth-order valence-electron chi connectivity index (χ4n) is 2.51. The Kier molecular flexibility index (Phi) is 3.38. The van der Waals surface area contributed by atoms with Crippen molar-refractivity contribution >= 4 is 17.1 Å². The van der Waals surface area contributed by atoms with E-state index in [-0.39, 0.29) is 0 Å². The minimum atomic E-state index is 0.848. The third-order valence-corrected chi connectivity index (χ3v) is 3.51. The van der Waals surface area contributed by atoms with Crippen LogP contribution in [0.25, 0.3) is 17.1 Å². The first kappa shape index (κ1) is 12.7. The molecule has 1 heterocycles. The highest BCUT2D eigenvalue weighted by molar-refractivity contribution is 5.81. The van der Waals surface area contributed by atoms with E-state index < -0.39 is 0 Å². The van der Waals surface area contributed by atoms with Crippen LogP contribution in [0.4, 0.5) is 0 Å². The van der Waals surface area contributed by atoms with Crippen molar-refractivity contribution in [3.05, 3.63) is 71.6 Å². The average molecular weight is 262 g/mol. The van der Waals surface area contributed by atoms with E-state index in [4.69, 9.17) is 4.98 Å². The van der Waals surface area contributed by atoms with Crippen LogP contribution in [0.2, 0.25) is 0 Å². The summed E-state index contributed by atoms with van der Waals surface area (Å²) < 4.78 is 2.28. The Morgan fingerprint density at radius 1 is 1.05 bits per heavy atom. The number of para-hydroxylation sites is 1. The van der Waals surface area contributed by atoms with Gasteiger partial charge in [0.1, 0.15) is 5.82 Å². The molecule has 0 saturated heterocycles. The van der Waals surface area contributed by atoms with Gasteiger partial charge in [0.05, 0.1) is 11.0 Å². The fourth-order valence-corrected chi connectivity index (χ4v) is 2.51. The molecule has 0 saturated carbocycles. The van der Waals surface area contributed by atoms with Crippen molar-refractivity contribution in [3.8, 4) is 0 Å². The number of aromatic nitrogens is 2. The van der Waals surface area contributed by atoms with Crippen LogP contribution in [-0.2, 0) is 6.54 Å². The van der Waals surface area contributed by atoms with Crippen molar-refractivity contribution in [2.24, 2.45) is 0 Å². The van der Waals surface area contributed by atoms with Gasteiger partial charge in [-0.1, -0.05) is 48.5 Å². The topological polar surface area (TPSA) is 17.8 Å². The molecule has 2 heteroatoms. The molecule has 100 valence electrons. The first-order valence-corrected chi connectivity index (χ1v) is 6.92. The molecule has 2 aromatic carbocycles. The molecule has 0 fully saturated rings.